The molecule has 3 aromatic rings. The summed E-state index contributed by atoms with van der Waals surface area (Å²) in [6.45, 7) is 1.45. The first-order valence-electron chi connectivity index (χ1n) is 9.46. The number of thiazole rings is 1. The van der Waals surface area contributed by atoms with Crippen molar-refractivity contribution in [3.63, 3.8) is 0 Å². The van der Waals surface area contributed by atoms with Gasteiger partial charge in [0.2, 0.25) is 0 Å². The number of hydrogen-bond donors (Lipinski definition) is 2. The topological polar surface area (TPSA) is 67.1 Å². The molecule has 0 spiro atoms. The fourth-order valence-electron chi connectivity index (χ4n) is 2.87. The number of aliphatic imine (C=N–C) groups is 1. The summed E-state index contributed by atoms with van der Waals surface area (Å²) in [5, 5.41) is 7.47. The Morgan fingerprint density at radius 1 is 1.16 bits per heavy atom. The van der Waals surface area contributed by atoms with E-state index in [0.717, 1.165) is 41.9 Å². The van der Waals surface area contributed by atoms with Gasteiger partial charge in [0.25, 0.3) is 0 Å². The molecule has 2 N–H and O–H groups in total. The minimum absolute atomic E-state index is 0. The van der Waals surface area contributed by atoms with E-state index in [2.05, 4.69) is 42.3 Å². The predicted molar refractivity (Wildman–Crippen MR) is 127 cm³/mol. The van der Waals surface area contributed by atoms with Gasteiger partial charge in [-0.2, -0.15) is 13.2 Å². The van der Waals surface area contributed by atoms with Gasteiger partial charge < -0.3 is 15.2 Å². The lowest BCUT2D eigenvalue weighted by Gasteiger charge is -2.12. The maximum atomic E-state index is 12.6. The molecule has 1 aromatic carbocycles. The number of imidazole rings is 1. The van der Waals surface area contributed by atoms with Crippen LogP contribution in [0.3, 0.4) is 0 Å². The van der Waals surface area contributed by atoms with Crippen molar-refractivity contribution >= 4 is 41.3 Å². The van der Waals surface area contributed by atoms with E-state index < -0.39 is 11.9 Å². The highest BCUT2D eigenvalue weighted by molar-refractivity contribution is 14.0. The fraction of sp³-hybridized carbons (Fsp3) is 0.350. The Labute approximate surface area is 200 Å². The Morgan fingerprint density at radius 3 is 2.58 bits per heavy atom. The normalized spacial score (nSPS) is 11.8. The Hall–Kier alpha value is -2.15. The maximum Gasteiger partial charge on any atom is 0.434 e. The molecule has 31 heavy (non-hydrogen) atoms. The lowest BCUT2D eigenvalue weighted by atomic mass is 10.1. The monoisotopic (exact) mass is 564 g/mol. The van der Waals surface area contributed by atoms with E-state index in [4.69, 9.17) is 0 Å². The molecule has 2 aromatic heterocycles. The van der Waals surface area contributed by atoms with Crippen LogP contribution in [0.1, 0.15) is 28.5 Å². The SMILES string of the molecule is CN=C(NCc1nc(C(F)(F)F)cs1)NCc1nccn1CCCc1ccccc1.I. The van der Waals surface area contributed by atoms with E-state index in [0.29, 0.717) is 17.5 Å². The summed E-state index contributed by atoms with van der Waals surface area (Å²) >= 11 is 0.962. The average Bonchev–Trinajstić information content (AvgIpc) is 3.38. The molecule has 0 aliphatic heterocycles. The third-order valence-electron chi connectivity index (χ3n) is 4.40. The van der Waals surface area contributed by atoms with Crippen molar-refractivity contribution in [3.05, 3.63) is 70.2 Å². The van der Waals surface area contributed by atoms with Gasteiger partial charge in [-0.25, -0.2) is 9.97 Å². The van der Waals surface area contributed by atoms with E-state index in [1.165, 1.54) is 5.56 Å². The van der Waals surface area contributed by atoms with Crippen molar-refractivity contribution < 1.29 is 13.2 Å². The highest BCUT2D eigenvalue weighted by Gasteiger charge is 2.33. The highest BCUT2D eigenvalue weighted by Crippen LogP contribution is 2.29. The highest BCUT2D eigenvalue weighted by atomic mass is 127. The molecular formula is C20H24F3IN6S. The number of halogens is 4. The van der Waals surface area contributed by atoms with Gasteiger partial charge >= 0.3 is 6.18 Å². The number of alkyl halides is 3. The molecule has 0 aliphatic carbocycles. The number of rotatable bonds is 8. The molecule has 6 nitrogen and oxygen atoms in total. The van der Waals surface area contributed by atoms with Crippen molar-refractivity contribution in [2.75, 3.05) is 7.05 Å². The predicted octanol–water partition coefficient (Wildman–Crippen LogP) is 4.47. The molecule has 0 atom stereocenters. The van der Waals surface area contributed by atoms with Crippen molar-refractivity contribution in [2.24, 2.45) is 4.99 Å². The molecule has 0 fully saturated rings. The van der Waals surface area contributed by atoms with Crippen molar-refractivity contribution in [2.45, 2.75) is 38.7 Å². The molecule has 0 aliphatic rings. The van der Waals surface area contributed by atoms with Crippen LogP contribution in [0, 0.1) is 0 Å². The minimum Gasteiger partial charge on any atom is -0.350 e. The van der Waals surface area contributed by atoms with Gasteiger partial charge in [0.05, 0.1) is 13.1 Å². The molecule has 0 unspecified atom stereocenters. The summed E-state index contributed by atoms with van der Waals surface area (Å²) in [5.74, 6) is 1.33. The molecule has 0 amide bonds. The molecule has 0 bridgehead atoms. The third kappa shape index (κ3) is 7.80. The van der Waals surface area contributed by atoms with Gasteiger partial charge in [-0.15, -0.1) is 35.3 Å². The second kappa shape index (κ2) is 12.0. The molecular weight excluding hydrogens is 540 g/mol. The minimum atomic E-state index is -4.42. The zero-order valence-corrected chi connectivity index (χ0v) is 20.0. The number of nitrogens with one attached hydrogen (secondary N) is 2. The van der Waals surface area contributed by atoms with Crippen LogP contribution >= 0.6 is 35.3 Å². The Morgan fingerprint density at radius 2 is 1.90 bits per heavy atom. The first-order chi connectivity index (χ1) is 14.5. The summed E-state index contributed by atoms with van der Waals surface area (Å²) < 4.78 is 40.0. The van der Waals surface area contributed by atoms with Crippen LogP contribution in [0.15, 0.2) is 53.1 Å². The van der Waals surface area contributed by atoms with E-state index in [9.17, 15) is 13.2 Å². The van der Waals surface area contributed by atoms with Gasteiger partial charge in [-0.3, -0.25) is 4.99 Å². The smallest absolute Gasteiger partial charge is 0.350 e. The first-order valence-corrected chi connectivity index (χ1v) is 10.3. The van der Waals surface area contributed by atoms with Crippen molar-refractivity contribution in [1.29, 1.82) is 0 Å². The number of nitrogens with zero attached hydrogens (tertiary/aromatic N) is 4. The van der Waals surface area contributed by atoms with Gasteiger partial charge in [0.15, 0.2) is 11.7 Å². The van der Waals surface area contributed by atoms with E-state index in [1.807, 2.05) is 24.4 Å². The van der Waals surface area contributed by atoms with Gasteiger partial charge in [0, 0.05) is 31.4 Å². The van der Waals surface area contributed by atoms with Gasteiger partial charge in [-0.05, 0) is 18.4 Å². The molecule has 0 saturated carbocycles. The van der Waals surface area contributed by atoms with Crippen LogP contribution in [0.5, 0.6) is 0 Å². The van der Waals surface area contributed by atoms with Crippen molar-refractivity contribution in [3.8, 4) is 0 Å². The van der Waals surface area contributed by atoms with E-state index >= 15 is 0 Å². The second-order valence-corrected chi connectivity index (χ2v) is 7.47. The van der Waals surface area contributed by atoms with Crippen LogP contribution in [0.2, 0.25) is 0 Å². The van der Waals surface area contributed by atoms with E-state index in [-0.39, 0.29) is 30.5 Å². The van der Waals surface area contributed by atoms with Gasteiger partial charge in [-0.1, -0.05) is 30.3 Å². The summed E-state index contributed by atoms with van der Waals surface area (Å²) in [4.78, 5) is 12.1. The van der Waals surface area contributed by atoms with Crippen LogP contribution in [-0.2, 0) is 32.2 Å². The Bertz CT molecular complexity index is 955. The molecule has 2 heterocycles. The Kier molecular flexibility index (Phi) is 9.75. The van der Waals surface area contributed by atoms with Crippen LogP contribution in [-0.4, -0.2) is 27.5 Å². The summed E-state index contributed by atoms with van der Waals surface area (Å²) in [6.07, 6.45) is 1.25. The third-order valence-corrected chi connectivity index (χ3v) is 5.24. The average molecular weight is 564 g/mol. The first kappa shape index (κ1) is 25.1. The molecule has 11 heteroatoms. The van der Waals surface area contributed by atoms with E-state index in [1.54, 1.807) is 13.2 Å². The lowest BCUT2D eigenvalue weighted by Crippen LogP contribution is -2.37. The van der Waals surface area contributed by atoms with Crippen LogP contribution < -0.4 is 10.6 Å². The molecule has 0 saturated heterocycles. The second-order valence-electron chi connectivity index (χ2n) is 6.53. The molecule has 3 rings (SSSR count). The number of aryl methyl sites for hydroxylation is 2. The maximum absolute atomic E-state index is 12.6. The Balaban J connectivity index is 0.00000341. The number of benzene rings is 1. The van der Waals surface area contributed by atoms with Crippen LogP contribution in [0.4, 0.5) is 13.2 Å². The standard InChI is InChI=1S/C20H23F3N6S.HI/c1-24-19(27-13-18-28-16(14-30-18)20(21,22)23)26-12-17-25-9-11-29(17)10-5-8-15-6-3-2-4-7-15;/h2-4,6-7,9,11,14H,5,8,10,12-13H2,1H3,(H2,24,26,27);1H. The zero-order chi connectivity index (χ0) is 21.4. The van der Waals surface area contributed by atoms with Crippen LogP contribution in [0.25, 0.3) is 0 Å². The van der Waals surface area contributed by atoms with Crippen molar-refractivity contribution in [1.82, 2.24) is 25.2 Å². The molecule has 0 radical (unpaired) electrons. The number of guanidine groups is 1. The summed E-state index contributed by atoms with van der Waals surface area (Å²) in [6, 6.07) is 10.3. The number of aromatic nitrogens is 3. The zero-order valence-electron chi connectivity index (χ0n) is 16.9. The summed E-state index contributed by atoms with van der Waals surface area (Å²) in [7, 11) is 1.60. The molecule has 168 valence electrons. The van der Waals surface area contributed by atoms with Gasteiger partial charge in [0.1, 0.15) is 10.8 Å². The quantitative estimate of drug-likeness (QED) is 0.241. The largest absolute Gasteiger partial charge is 0.434 e. The fourth-order valence-corrected chi connectivity index (χ4v) is 3.61. The lowest BCUT2D eigenvalue weighted by molar-refractivity contribution is -0.140. The number of hydrogen-bond acceptors (Lipinski definition) is 4. The summed E-state index contributed by atoms with van der Waals surface area (Å²) in [5.41, 5.74) is 0.433.